The molecule has 0 aliphatic heterocycles. The number of tetrazole rings is 1. The van der Waals surface area contributed by atoms with Crippen LogP contribution in [0, 0.1) is 0 Å². The van der Waals surface area contributed by atoms with Gasteiger partial charge in [-0.1, -0.05) is 179 Å². The van der Waals surface area contributed by atoms with Crippen LogP contribution in [-0.4, -0.2) is 48.3 Å². The fourth-order valence-electron chi connectivity index (χ4n) is 9.86. The minimum atomic E-state index is -0.912. The number of hydrogen-bond donors (Lipinski definition) is 2. The second-order valence-corrected chi connectivity index (χ2v) is 17.5. The third-order valence-electron chi connectivity index (χ3n) is 13.1. The largest absolute Gasteiger partial charge is 0.385 e. The predicted molar refractivity (Wildman–Crippen MR) is 263 cm³/mol. The van der Waals surface area contributed by atoms with E-state index in [0.29, 0.717) is 24.8 Å². The van der Waals surface area contributed by atoms with Crippen molar-refractivity contribution < 1.29 is 4.79 Å². The molecule has 65 heavy (non-hydrogen) atoms. The maximum atomic E-state index is 12.5. The van der Waals surface area contributed by atoms with E-state index in [4.69, 9.17) is 15.3 Å². The Labute approximate surface area is 383 Å². The number of fused-ring (bicyclic) bond motifs is 1. The van der Waals surface area contributed by atoms with Gasteiger partial charge in [0.25, 0.3) is 0 Å². The van der Waals surface area contributed by atoms with Crippen LogP contribution in [0.1, 0.15) is 106 Å². The van der Waals surface area contributed by atoms with Crippen LogP contribution < -0.4 is 10.6 Å². The average Bonchev–Trinajstić information content (AvgIpc) is 3.98. The molecule has 330 valence electrons. The summed E-state index contributed by atoms with van der Waals surface area (Å²) in [4.78, 5) is 17.8. The van der Waals surface area contributed by atoms with E-state index in [9.17, 15) is 4.79 Å². The number of rotatable bonds is 19. The van der Waals surface area contributed by atoms with Crippen molar-refractivity contribution in [2.45, 2.75) is 102 Å². The van der Waals surface area contributed by atoms with Gasteiger partial charge in [0.15, 0.2) is 5.82 Å². The van der Waals surface area contributed by atoms with E-state index in [0.717, 1.165) is 119 Å². The van der Waals surface area contributed by atoms with Gasteiger partial charge in [0, 0.05) is 36.7 Å². The van der Waals surface area contributed by atoms with Crippen molar-refractivity contribution in [3.05, 3.63) is 186 Å². The average molecular weight is 861 g/mol. The third kappa shape index (κ3) is 9.51. The van der Waals surface area contributed by atoms with E-state index in [-0.39, 0.29) is 5.91 Å². The summed E-state index contributed by atoms with van der Waals surface area (Å²) >= 11 is 0. The molecule has 9 rings (SSSR count). The molecule has 2 N–H and O–H groups in total. The zero-order chi connectivity index (χ0) is 44.3. The van der Waals surface area contributed by atoms with Crippen molar-refractivity contribution in [1.29, 1.82) is 0 Å². The normalized spacial score (nSPS) is 13.2. The molecule has 0 unspecified atom stereocenters. The first-order valence-corrected chi connectivity index (χ1v) is 23.8. The molecule has 8 aromatic rings. The quantitative estimate of drug-likeness (QED) is 0.0620. The number of unbranched alkanes of at least 4 members (excludes halogenated alkanes) is 3. The molecular weight excluding hydrogens is 801 g/mol. The topological polar surface area (TPSA) is 103 Å². The Kier molecular flexibility index (Phi) is 13.9. The minimum absolute atomic E-state index is 0.210. The van der Waals surface area contributed by atoms with Gasteiger partial charge in [-0.15, -0.1) is 5.10 Å². The fourth-order valence-corrected chi connectivity index (χ4v) is 9.86. The monoisotopic (exact) mass is 860 g/mol. The van der Waals surface area contributed by atoms with Crippen LogP contribution in [0.25, 0.3) is 33.5 Å². The van der Waals surface area contributed by atoms with Crippen LogP contribution in [0.5, 0.6) is 0 Å². The number of imidazole rings is 1. The van der Waals surface area contributed by atoms with E-state index in [1.165, 1.54) is 19.3 Å². The number of amides is 1. The SMILES string of the molecule is CCCCc1nc2cc(NCCCCCC(=O)NC3CCCCC3)ccc2n1Cc1cccc(-c2ccccc2)c1-c1nnnn1C(c1ccccc1)(c1ccccc1)c1ccccc1. The van der Waals surface area contributed by atoms with Gasteiger partial charge in [0.05, 0.1) is 17.6 Å². The third-order valence-corrected chi connectivity index (χ3v) is 13.1. The lowest BCUT2D eigenvalue weighted by atomic mass is 9.76. The van der Waals surface area contributed by atoms with Gasteiger partial charge in [-0.2, -0.15) is 0 Å². The highest BCUT2D eigenvalue weighted by molar-refractivity contribution is 5.84. The van der Waals surface area contributed by atoms with Crippen LogP contribution in [-0.2, 0) is 23.3 Å². The van der Waals surface area contributed by atoms with Crippen LogP contribution in [0.4, 0.5) is 5.69 Å². The number of hydrogen-bond acceptors (Lipinski definition) is 6. The highest BCUT2D eigenvalue weighted by atomic mass is 16.1. The highest BCUT2D eigenvalue weighted by Gasteiger charge is 2.42. The number of benzene rings is 6. The Morgan fingerprint density at radius 1 is 0.708 bits per heavy atom. The van der Waals surface area contributed by atoms with Gasteiger partial charge in [-0.3, -0.25) is 4.79 Å². The second-order valence-electron chi connectivity index (χ2n) is 17.5. The molecule has 0 spiro atoms. The Morgan fingerprint density at radius 3 is 2.03 bits per heavy atom. The predicted octanol–water partition coefficient (Wildman–Crippen LogP) is 12.0. The zero-order valence-electron chi connectivity index (χ0n) is 37.6. The molecule has 1 amide bonds. The molecule has 1 fully saturated rings. The number of carbonyl (C=O) groups is 1. The Hall–Kier alpha value is -6.87. The Bertz CT molecular complexity index is 2660. The van der Waals surface area contributed by atoms with Crippen molar-refractivity contribution in [2.75, 3.05) is 11.9 Å². The standard InChI is InChI=1S/C56H60N8O/c1-2-3-35-52-59-50-40-48(57-39-21-9-20-36-53(65)58-47-32-18-8-19-33-47)37-38-51(50)63(52)41-43-25-22-34-49(42-23-10-4-11-24-42)54(43)55-60-61-62-64(55)56(44-26-12-5-13-27-44,45-28-14-6-15-29-45)46-30-16-7-17-31-46/h4-7,10-17,22-31,34,37-38,40,47,57H,2-3,8-9,18-21,32-33,35-36,39,41H2,1H3,(H,58,65). The molecule has 2 aromatic heterocycles. The van der Waals surface area contributed by atoms with Crippen molar-refractivity contribution in [2.24, 2.45) is 0 Å². The molecule has 1 saturated carbocycles. The first-order valence-electron chi connectivity index (χ1n) is 23.8. The lowest BCUT2D eigenvalue weighted by molar-refractivity contribution is -0.122. The lowest BCUT2D eigenvalue weighted by Gasteiger charge is -2.36. The molecule has 2 heterocycles. The van der Waals surface area contributed by atoms with E-state index < -0.39 is 5.54 Å². The van der Waals surface area contributed by atoms with Crippen LogP contribution >= 0.6 is 0 Å². The summed E-state index contributed by atoms with van der Waals surface area (Å²) in [5.74, 6) is 1.95. The molecule has 1 aliphatic rings. The Balaban J connectivity index is 1.07. The Morgan fingerprint density at radius 2 is 1.37 bits per heavy atom. The summed E-state index contributed by atoms with van der Waals surface area (Å²) in [5.41, 5.74) is 9.57. The van der Waals surface area contributed by atoms with Gasteiger partial charge in [-0.05, 0) is 94.1 Å². The zero-order valence-corrected chi connectivity index (χ0v) is 37.6. The van der Waals surface area contributed by atoms with Crippen molar-refractivity contribution in [1.82, 2.24) is 35.1 Å². The first-order chi connectivity index (χ1) is 32.1. The summed E-state index contributed by atoms with van der Waals surface area (Å²) in [6.07, 6.45) is 12.5. The molecule has 0 atom stereocenters. The molecule has 1 aliphatic carbocycles. The smallest absolute Gasteiger partial charge is 0.220 e. The number of anilines is 1. The van der Waals surface area contributed by atoms with Gasteiger partial charge in [0.2, 0.25) is 5.91 Å². The fraction of sp³-hybridized carbons (Fsp3) is 0.304. The lowest BCUT2D eigenvalue weighted by Crippen LogP contribution is -2.39. The van der Waals surface area contributed by atoms with Crippen LogP contribution in [0.15, 0.2) is 158 Å². The molecular formula is C56H60N8O. The molecule has 0 bridgehead atoms. The molecule has 9 heteroatoms. The summed E-state index contributed by atoms with van der Waals surface area (Å²) < 4.78 is 4.44. The number of aromatic nitrogens is 6. The molecule has 0 saturated heterocycles. The molecule has 0 radical (unpaired) electrons. The van der Waals surface area contributed by atoms with Crippen molar-refractivity contribution >= 4 is 22.6 Å². The van der Waals surface area contributed by atoms with Gasteiger partial charge in [0.1, 0.15) is 11.4 Å². The minimum Gasteiger partial charge on any atom is -0.385 e. The number of nitrogens with one attached hydrogen (secondary N) is 2. The van der Waals surface area contributed by atoms with Gasteiger partial charge < -0.3 is 15.2 Å². The van der Waals surface area contributed by atoms with Gasteiger partial charge in [-0.25, -0.2) is 9.67 Å². The summed E-state index contributed by atoms with van der Waals surface area (Å²) in [6.45, 7) is 3.66. The van der Waals surface area contributed by atoms with Crippen LogP contribution in [0.3, 0.4) is 0 Å². The van der Waals surface area contributed by atoms with Gasteiger partial charge >= 0.3 is 0 Å². The van der Waals surface area contributed by atoms with Crippen LogP contribution in [0.2, 0.25) is 0 Å². The second kappa shape index (κ2) is 20.8. The summed E-state index contributed by atoms with van der Waals surface area (Å²) in [7, 11) is 0. The van der Waals surface area contributed by atoms with E-state index in [1.54, 1.807) is 0 Å². The summed E-state index contributed by atoms with van der Waals surface area (Å²) in [6, 6.07) is 55.9. The number of aryl methyl sites for hydroxylation is 1. The maximum Gasteiger partial charge on any atom is 0.220 e. The van der Waals surface area contributed by atoms with E-state index in [1.807, 2.05) is 4.68 Å². The first kappa shape index (κ1) is 43.4. The van der Waals surface area contributed by atoms with Crippen molar-refractivity contribution in [3.8, 4) is 22.5 Å². The summed E-state index contributed by atoms with van der Waals surface area (Å²) in [5, 5.41) is 21.4. The maximum absolute atomic E-state index is 12.5. The van der Waals surface area contributed by atoms with E-state index in [2.05, 4.69) is 185 Å². The van der Waals surface area contributed by atoms with Crippen molar-refractivity contribution in [3.63, 3.8) is 0 Å². The molecule has 6 aromatic carbocycles. The highest BCUT2D eigenvalue weighted by Crippen LogP contribution is 2.44. The molecule has 9 nitrogen and oxygen atoms in total. The number of carbonyl (C=O) groups excluding carboxylic acids is 1. The number of nitrogens with zero attached hydrogens (tertiary/aromatic N) is 6. The van der Waals surface area contributed by atoms with E-state index >= 15 is 0 Å².